The van der Waals surface area contributed by atoms with E-state index in [4.69, 9.17) is 4.74 Å². The lowest BCUT2D eigenvalue weighted by Crippen LogP contribution is -2.34. The van der Waals surface area contributed by atoms with Crippen molar-refractivity contribution >= 4 is 17.2 Å². The first-order valence-corrected chi connectivity index (χ1v) is 10.2. The van der Waals surface area contributed by atoms with Gasteiger partial charge in [-0.3, -0.25) is 9.59 Å². The van der Waals surface area contributed by atoms with E-state index in [1.165, 1.54) is 16.0 Å². The molecule has 1 aromatic carbocycles. The largest absolute Gasteiger partial charge is 0.488 e. The fourth-order valence-corrected chi connectivity index (χ4v) is 4.55. The number of aromatic nitrogens is 3. The maximum Gasteiger partial charge on any atom is 0.277 e. The van der Waals surface area contributed by atoms with Gasteiger partial charge >= 0.3 is 0 Å². The molecule has 1 atom stereocenters. The van der Waals surface area contributed by atoms with Gasteiger partial charge in [0.1, 0.15) is 21.7 Å². The van der Waals surface area contributed by atoms with Gasteiger partial charge in [0.15, 0.2) is 0 Å². The molecule has 8 heteroatoms. The minimum atomic E-state index is -0.217. The molecule has 29 heavy (non-hydrogen) atoms. The molecule has 0 radical (unpaired) electrons. The van der Waals surface area contributed by atoms with Crippen LogP contribution in [-0.4, -0.2) is 33.3 Å². The Hall–Kier alpha value is -3.00. The number of fused-ring (bicyclic) bond motifs is 1. The highest BCUT2D eigenvalue weighted by Gasteiger charge is 2.25. The van der Waals surface area contributed by atoms with Crippen molar-refractivity contribution in [3.05, 3.63) is 62.0 Å². The van der Waals surface area contributed by atoms with Crippen LogP contribution >= 0.6 is 11.3 Å². The molecule has 0 saturated carbocycles. The average Bonchev–Trinajstić information content (AvgIpc) is 3.28. The lowest BCUT2D eigenvalue weighted by molar-refractivity contribution is 0.0937. The number of thiazole rings is 1. The molecule has 0 aliphatic carbocycles. The van der Waals surface area contributed by atoms with E-state index in [0.29, 0.717) is 27.7 Å². The SMILES string of the molecule is Cc1nc(-c2c(C)c(C)nn(C)c2=O)sc1C(=O)NC[C@@H]1Cc2ccccc2O1. The van der Waals surface area contributed by atoms with Crippen LogP contribution in [0.3, 0.4) is 0 Å². The Morgan fingerprint density at radius 1 is 1.28 bits per heavy atom. The average molecular weight is 410 g/mol. The van der Waals surface area contributed by atoms with E-state index in [1.807, 2.05) is 38.1 Å². The molecule has 3 heterocycles. The molecule has 2 aromatic heterocycles. The molecule has 1 aliphatic heterocycles. The van der Waals surface area contributed by atoms with Gasteiger partial charge < -0.3 is 10.1 Å². The van der Waals surface area contributed by atoms with Crippen LogP contribution in [0.4, 0.5) is 0 Å². The molecule has 0 spiro atoms. The molecule has 3 aromatic rings. The van der Waals surface area contributed by atoms with Crippen LogP contribution in [0.15, 0.2) is 29.1 Å². The van der Waals surface area contributed by atoms with E-state index in [-0.39, 0.29) is 17.6 Å². The third kappa shape index (κ3) is 3.55. The first kappa shape index (κ1) is 19.3. The van der Waals surface area contributed by atoms with Crippen LogP contribution in [-0.2, 0) is 13.5 Å². The lowest BCUT2D eigenvalue weighted by Gasteiger charge is -2.11. The first-order valence-electron chi connectivity index (χ1n) is 9.40. The molecule has 7 nitrogen and oxygen atoms in total. The smallest absolute Gasteiger partial charge is 0.277 e. The predicted molar refractivity (Wildman–Crippen MR) is 112 cm³/mol. The first-order chi connectivity index (χ1) is 13.8. The number of amides is 1. The maximum absolute atomic E-state index is 12.8. The summed E-state index contributed by atoms with van der Waals surface area (Å²) in [4.78, 5) is 30.4. The zero-order valence-electron chi connectivity index (χ0n) is 16.8. The number of rotatable bonds is 4. The van der Waals surface area contributed by atoms with E-state index < -0.39 is 0 Å². The fraction of sp³-hybridized carbons (Fsp3) is 0.333. The van der Waals surface area contributed by atoms with Crippen molar-refractivity contribution in [2.75, 3.05) is 6.54 Å². The standard InChI is InChI=1S/C21H22N4O3S/c1-11-12(2)24-25(4)21(27)17(11)20-23-13(3)18(29-20)19(26)22-10-15-9-14-7-5-6-8-16(14)28-15/h5-8,15H,9-10H2,1-4H3,(H,22,26)/t15-/m0/s1. The number of benzene rings is 1. The van der Waals surface area contributed by atoms with Gasteiger partial charge in [-0.15, -0.1) is 11.3 Å². The van der Waals surface area contributed by atoms with Gasteiger partial charge in [-0.05, 0) is 38.0 Å². The van der Waals surface area contributed by atoms with Gasteiger partial charge in [0, 0.05) is 13.5 Å². The number of ether oxygens (including phenoxy) is 1. The normalized spacial score (nSPS) is 15.1. The summed E-state index contributed by atoms with van der Waals surface area (Å²) in [6, 6.07) is 7.90. The Labute approximate surface area is 172 Å². The Morgan fingerprint density at radius 3 is 2.79 bits per heavy atom. The number of nitrogens with one attached hydrogen (secondary N) is 1. The molecule has 150 valence electrons. The van der Waals surface area contributed by atoms with Gasteiger partial charge in [0.2, 0.25) is 0 Å². The lowest BCUT2D eigenvalue weighted by atomic mass is 10.1. The van der Waals surface area contributed by atoms with Crippen LogP contribution in [0, 0.1) is 20.8 Å². The number of aryl methyl sites for hydroxylation is 3. The maximum atomic E-state index is 12.8. The quantitative estimate of drug-likeness (QED) is 0.714. The van der Waals surface area contributed by atoms with Crippen molar-refractivity contribution in [3.8, 4) is 16.3 Å². The summed E-state index contributed by atoms with van der Waals surface area (Å²) in [7, 11) is 1.62. The van der Waals surface area contributed by atoms with E-state index in [9.17, 15) is 9.59 Å². The number of para-hydroxylation sites is 1. The van der Waals surface area contributed by atoms with E-state index in [0.717, 1.165) is 29.0 Å². The van der Waals surface area contributed by atoms with Crippen molar-refractivity contribution in [2.24, 2.45) is 7.05 Å². The summed E-state index contributed by atoms with van der Waals surface area (Å²) in [5.74, 6) is 0.674. The van der Waals surface area contributed by atoms with Crippen LogP contribution < -0.4 is 15.6 Å². The summed E-state index contributed by atoms with van der Waals surface area (Å²) >= 11 is 1.23. The molecule has 0 bridgehead atoms. The van der Waals surface area contributed by atoms with E-state index in [2.05, 4.69) is 15.4 Å². The summed E-state index contributed by atoms with van der Waals surface area (Å²) in [6.07, 6.45) is 0.691. The predicted octanol–water partition coefficient (Wildman–Crippen LogP) is 2.56. The van der Waals surface area contributed by atoms with Crippen LogP contribution in [0.2, 0.25) is 0 Å². The van der Waals surface area contributed by atoms with Gasteiger partial charge in [-0.1, -0.05) is 18.2 Å². The Kier molecular flexibility index (Phi) is 4.96. The minimum absolute atomic E-state index is 0.0820. The molecule has 1 aliphatic rings. The Bertz CT molecular complexity index is 1140. The fourth-order valence-electron chi connectivity index (χ4n) is 3.47. The van der Waals surface area contributed by atoms with Crippen molar-refractivity contribution in [1.29, 1.82) is 0 Å². The second-order valence-electron chi connectivity index (χ2n) is 7.21. The van der Waals surface area contributed by atoms with E-state index >= 15 is 0 Å². The summed E-state index contributed by atoms with van der Waals surface area (Å²) in [6.45, 7) is 5.90. The van der Waals surface area contributed by atoms with Crippen LogP contribution in [0.5, 0.6) is 5.75 Å². The number of hydrogen-bond donors (Lipinski definition) is 1. The van der Waals surface area contributed by atoms with Crippen molar-refractivity contribution < 1.29 is 9.53 Å². The van der Waals surface area contributed by atoms with Crippen molar-refractivity contribution in [1.82, 2.24) is 20.1 Å². The zero-order valence-corrected chi connectivity index (χ0v) is 17.6. The third-order valence-electron chi connectivity index (χ3n) is 5.15. The second kappa shape index (κ2) is 7.44. The molecule has 4 rings (SSSR count). The second-order valence-corrected chi connectivity index (χ2v) is 8.21. The van der Waals surface area contributed by atoms with Crippen molar-refractivity contribution in [2.45, 2.75) is 33.3 Å². The van der Waals surface area contributed by atoms with Gasteiger partial charge in [-0.2, -0.15) is 5.10 Å². The molecular weight excluding hydrogens is 388 g/mol. The Morgan fingerprint density at radius 2 is 2.03 bits per heavy atom. The summed E-state index contributed by atoms with van der Waals surface area (Å²) < 4.78 is 7.19. The highest BCUT2D eigenvalue weighted by atomic mass is 32.1. The molecule has 0 saturated heterocycles. The summed E-state index contributed by atoms with van der Waals surface area (Å²) in [5, 5.41) is 7.69. The zero-order chi connectivity index (χ0) is 20.7. The molecule has 0 fully saturated rings. The molecule has 1 N–H and O–H groups in total. The number of carbonyl (C=O) groups is 1. The number of hydrogen-bond acceptors (Lipinski definition) is 6. The topological polar surface area (TPSA) is 86.1 Å². The number of carbonyl (C=O) groups excluding carboxylic acids is 1. The van der Waals surface area contributed by atoms with Gasteiger partial charge in [0.25, 0.3) is 11.5 Å². The van der Waals surface area contributed by atoms with Crippen LogP contribution in [0.1, 0.15) is 32.2 Å². The van der Waals surface area contributed by atoms with Crippen LogP contribution in [0.25, 0.3) is 10.6 Å². The van der Waals surface area contributed by atoms with E-state index in [1.54, 1.807) is 14.0 Å². The highest BCUT2D eigenvalue weighted by molar-refractivity contribution is 7.17. The van der Waals surface area contributed by atoms with Crippen molar-refractivity contribution in [3.63, 3.8) is 0 Å². The number of nitrogens with zero attached hydrogens (tertiary/aromatic N) is 3. The molecule has 1 amide bonds. The molecular formula is C21H22N4O3S. The summed E-state index contributed by atoms with van der Waals surface area (Å²) in [5.41, 5.74) is 3.59. The minimum Gasteiger partial charge on any atom is -0.488 e. The molecule has 0 unspecified atom stereocenters. The Balaban J connectivity index is 1.52. The van der Waals surface area contributed by atoms with Gasteiger partial charge in [0.05, 0.1) is 23.5 Å². The van der Waals surface area contributed by atoms with Gasteiger partial charge in [-0.25, -0.2) is 9.67 Å². The monoisotopic (exact) mass is 410 g/mol. The third-order valence-corrected chi connectivity index (χ3v) is 6.32. The highest BCUT2D eigenvalue weighted by Crippen LogP contribution is 2.30.